The maximum Gasteiger partial charge on any atom is 0.227 e. The van der Waals surface area contributed by atoms with Crippen molar-refractivity contribution >= 4 is 34.8 Å². The zero-order chi connectivity index (χ0) is 28.5. The van der Waals surface area contributed by atoms with Gasteiger partial charge in [-0.2, -0.15) is 0 Å². The Morgan fingerprint density at radius 1 is 1.05 bits per heavy atom. The van der Waals surface area contributed by atoms with Gasteiger partial charge in [-0.1, -0.05) is 23.7 Å². The highest BCUT2D eigenvalue weighted by atomic mass is 35.5. The van der Waals surface area contributed by atoms with Gasteiger partial charge in [0.1, 0.15) is 17.5 Å². The van der Waals surface area contributed by atoms with Gasteiger partial charge >= 0.3 is 0 Å². The Morgan fingerprint density at radius 3 is 2.59 bits per heavy atom. The molecule has 4 aromatic rings. The first-order valence-corrected chi connectivity index (χ1v) is 13.8. The van der Waals surface area contributed by atoms with E-state index in [-0.39, 0.29) is 17.8 Å². The highest BCUT2D eigenvalue weighted by Crippen LogP contribution is 2.34. The lowest BCUT2D eigenvalue weighted by atomic mass is 9.95. The van der Waals surface area contributed by atoms with Gasteiger partial charge in [0.25, 0.3) is 0 Å². The van der Waals surface area contributed by atoms with Gasteiger partial charge in [0, 0.05) is 58.3 Å². The number of amidine groups is 1. The highest BCUT2D eigenvalue weighted by molar-refractivity contribution is 6.31. The van der Waals surface area contributed by atoms with Crippen LogP contribution in [-0.4, -0.2) is 52.6 Å². The number of nitrogens with one attached hydrogen (secondary N) is 3. The fourth-order valence-corrected chi connectivity index (χ4v) is 5.53. The molecule has 6 rings (SSSR count). The molecule has 1 aromatic heterocycles. The van der Waals surface area contributed by atoms with Gasteiger partial charge in [-0.25, -0.2) is 18.7 Å². The molecule has 7 nitrogen and oxygen atoms in total. The number of hydrogen-bond donors (Lipinski definition) is 3. The number of piperidine rings is 1. The minimum atomic E-state index is -0.701. The fraction of sp³-hybridized carbons (Fsp3) is 0.226. The molecule has 0 spiro atoms. The smallest absolute Gasteiger partial charge is 0.227 e. The van der Waals surface area contributed by atoms with Crippen LogP contribution in [0.15, 0.2) is 71.9 Å². The molecule has 0 saturated carbocycles. The van der Waals surface area contributed by atoms with E-state index in [1.54, 1.807) is 24.4 Å². The van der Waals surface area contributed by atoms with Crippen molar-refractivity contribution in [2.75, 3.05) is 25.5 Å². The van der Waals surface area contributed by atoms with Crippen molar-refractivity contribution in [1.29, 1.82) is 5.41 Å². The van der Waals surface area contributed by atoms with Crippen molar-refractivity contribution in [1.82, 2.24) is 20.2 Å². The summed E-state index contributed by atoms with van der Waals surface area (Å²) in [5, 5.41) is 15.7. The van der Waals surface area contributed by atoms with Gasteiger partial charge in [0.05, 0.1) is 23.5 Å². The molecule has 2 aliphatic rings. The standard InChI is InChI=1S/C31H28ClF2N7/c1-36-22-4-3-13-41(17-22)30(35)18-7-10-21(11-8-18)39-31-38-16-19-15-37-29(27-25(33)5-2-6-26(27)34)24-14-20(32)9-12-23(24)28(19)40-31/h2,5-12,14,16,22,35-36H,3-4,13,15,17H2,1H3,(H,38,39,40). The lowest BCUT2D eigenvalue weighted by Gasteiger charge is -2.34. The summed E-state index contributed by atoms with van der Waals surface area (Å²) in [5.41, 5.74) is 4.05. The lowest BCUT2D eigenvalue weighted by Crippen LogP contribution is -2.46. The van der Waals surface area contributed by atoms with Gasteiger partial charge in [-0.15, -0.1) is 0 Å². The van der Waals surface area contributed by atoms with E-state index in [0.29, 0.717) is 39.7 Å². The van der Waals surface area contributed by atoms with E-state index >= 15 is 0 Å². The summed E-state index contributed by atoms with van der Waals surface area (Å²) in [5.74, 6) is -0.531. The summed E-state index contributed by atoms with van der Waals surface area (Å²) in [6.07, 6.45) is 3.85. The predicted molar refractivity (Wildman–Crippen MR) is 158 cm³/mol. The second-order valence-electron chi connectivity index (χ2n) is 10.1. The first kappa shape index (κ1) is 27.0. The number of rotatable bonds is 5. The van der Waals surface area contributed by atoms with Crippen LogP contribution in [0.5, 0.6) is 0 Å². The third-order valence-corrected chi connectivity index (χ3v) is 7.76. The van der Waals surface area contributed by atoms with Crippen LogP contribution in [0.1, 0.15) is 35.1 Å². The minimum Gasteiger partial charge on any atom is -0.355 e. The molecule has 1 fully saturated rings. The molecule has 1 unspecified atom stereocenters. The number of anilines is 2. The molecular formula is C31H28ClF2N7. The van der Waals surface area contributed by atoms with Crippen molar-refractivity contribution < 1.29 is 8.78 Å². The lowest BCUT2D eigenvalue weighted by molar-refractivity contribution is 0.285. The summed E-state index contributed by atoms with van der Waals surface area (Å²) in [4.78, 5) is 15.9. The Labute approximate surface area is 241 Å². The normalized spacial score (nSPS) is 16.3. The molecule has 0 bridgehead atoms. The average Bonchev–Trinajstić information content (AvgIpc) is 3.13. The van der Waals surface area contributed by atoms with Crippen molar-refractivity contribution in [3.63, 3.8) is 0 Å². The van der Waals surface area contributed by atoms with Crippen LogP contribution in [-0.2, 0) is 6.54 Å². The number of nitrogens with zero attached hydrogens (tertiary/aromatic N) is 4. The number of aromatic nitrogens is 2. The predicted octanol–water partition coefficient (Wildman–Crippen LogP) is 6.18. The maximum absolute atomic E-state index is 14.8. The van der Waals surface area contributed by atoms with Gasteiger partial charge in [-0.05, 0) is 68.4 Å². The molecule has 2 aliphatic heterocycles. The molecule has 10 heteroatoms. The van der Waals surface area contributed by atoms with E-state index in [1.165, 1.54) is 18.2 Å². The van der Waals surface area contributed by atoms with Crippen molar-refractivity contribution in [2.45, 2.75) is 25.4 Å². The van der Waals surface area contributed by atoms with Gasteiger partial charge < -0.3 is 15.5 Å². The molecule has 1 saturated heterocycles. The van der Waals surface area contributed by atoms with Crippen molar-refractivity contribution in [2.24, 2.45) is 4.99 Å². The molecule has 3 heterocycles. The Morgan fingerprint density at radius 2 is 1.83 bits per heavy atom. The van der Waals surface area contributed by atoms with Crippen molar-refractivity contribution in [3.8, 4) is 11.3 Å². The van der Waals surface area contributed by atoms with E-state index in [1.807, 2.05) is 31.3 Å². The van der Waals surface area contributed by atoms with E-state index in [2.05, 4.69) is 25.5 Å². The number of aliphatic imine (C=N–C) groups is 1. The molecule has 0 radical (unpaired) electrons. The second kappa shape index (κ2) is 11.3. The van der Waals surface area contributed by atoms with Gasteiger partial charge in [0.2, 0.25) is 5.95 Å². The van der Waals surface area contributed by atoms with Crippen LogP contribution in [0.3, 0.4) is 0 Å². The Bertz CT molecular complexity index is 1640. The topological polar surface area (TPSA) is 89.3 Å². The summed E-state index contributed by atoms with van der Waals surface area (Å²) in [7, 11) is 1.96. The number of fused-ring (bicyclic) bond motifs is 3. The summed E-state index contributed by atoms with van der Waals surface area (Å²) < 4.78 is 29.6. The third-order valence-electron chi connectivity index (χ3n) is 7.52. The van der Waals surface area contributed by atoms with Crippen LogP contribution in [0.2, 0.25) is 5.02 Å². The number of likely N-dealkylation sites (N-methyl/N-ethyl adjacent to an activating group) is 1. The molecular weight excluding hydrogens is 544 g/mol. The zero-order valence-electron chi connectivity index (χ0n) is 22.4. The number of hydrogen-bond acceptors (Lipinski definition) is 6. The Balaban J connectivity index is 1.28. The molecule has 0 aliphatic carbocycles. The third kappa shape index (κ3) is 5.42. The van der Waals surface area contributed by atoms with Crippen LogP contribution in [0.25, 0.3) is 11.3 Å². The Hall–Kier alpha value is -4.21. The van der Waals surface area contributed by atoms with E-state index in [4.69, 9.17) is 22.0 Å². The van der Waals surface area contributed by atoms with Crippen LogP contribution >= 0.6 is 11.6 Å². The SMILES string of the molecule is CNC1CCCN(C(=N)c2ccc(Nc3ncc4c(n3)-c3ccc(Cl)cc3C(c3c(F)cccc3F)=NC4)cc2)C1. The summed E-state index contributed by atoms with van der Waals surface area (Å²) >= 11 is 6.32. The number of benzene rings is 3. The molecule has 208 valence electrons. The van der Waals surface area contributed by atoms with Gasteiger partial charge in [0.15, 0.2) is 0 Å². The highest BCUT2D eigenvalue weighted by Gasteiger charge is 2.25. The van der Waals surface area contributed by atoms with E-state index < -0.39 is 11.6 Å². The first-order valence-electron chi connectivity index (χ1n) is 13.4. The molecule has 3 aromatic carbocycles. The number of halogens is 3. The summed E-state index contributed by atoms with van der Waals surface area (Å²) in [6, 6.07) is 16.9. The Kier molecular flexibility index (Phi) is 7.47. The van der Waals surface area contributed by atoms with Crippen LogP contribution < -0.4 is 10.6 Å². The fourth-order valence-electron chi connectivity index (χ4n) is 5.36. The average molecular weight is 572 g/mol. The zero-order valence-corrected chi connectivity index (χ0v) is 23.1. The largest absolute Gasteiger partial charge is 0.355 e. The van der Waals surface area contributed by atoms with Crippen molar-refractivity contribution in [3.05, 3.63) is 106 Å². The quantitative estimate of drug-likeness (QED) is 0.197. The molecule has 1 atom stereocenters. The number of likely N-dealkylation sites (tertiary alicyclic amines) is 1. The second-order valence-corrected chi connectivity index (χ2v) is 10.6. The van der Waals surface area contributed by atoms with E-state index in [0.717, 1.165) is 42.7 Å². The molecule has 3 N–H and O–H groups in total. The molecule has 41 heavy (non-hydrogen) atoms. The minimum absolute atomic E-state index is 0.146. The first-order chi connectivity index (χ1) is 19.9. The van der Waals surface area contributed by atoms with Gasteiger partial charge in [-0.3, -0.25) is 10.4 Å². The maximum atomic E-state index is 14.8. The summed E-state index contributed by atoms with van der Waals surface area (Å²) in [6.45, 7) is 1.84. The molecule has 0 amide bonds. The van der Waals surface area contributed by atoms with Crippen LogP contribution in [0, 0.1) is 17.0 Å². The van der Waals surface area contributed by atoms with E-state index in [9.17, 15) is 8.78 Å². The monoisotopic (exact) mass is 571 g/mol. The van der Waals surface area contributed by atoms with Crippen LogP contribution in [0.4, 0.5) is 20.4 Å².